The summed E-state index contributed by atoms with van der Waals surface area (Å²) < 4.78 is 0. The second kappa shape index (κ2) is 9.23. The maximum atomic E-state index is 12.7. The summed E-state index contributed by atoms with van der Waals surface area (Å²) in [6.07, 6.45) is 0.675. The molecular weight excluding hydrogens is 370 g/mol. The molecule has 2 aromatic carbocycles. The predicted molar refractivity (Wildman–Crippen MR) is 108 cm³/mol. The summed E-state index contributed by atoms with van der Waals surface area (Å²) in [4.78, 5) is 39.6. The highest BCUT2D eigenvalue weighted by molar-refractivity contribution is 5.86. The summed E-state index contributed by atoms with van der Waals surface area (Å²) in [6.45, 7) is 0.973. The largest absolute Gasteiger partial charge is 0.479 e. The molecule has 0 fully saturated rings. The molecule has 0 radical (unpaired) electrons. The zero-order valence-corrected chi connectivity index (χ0v) is 16.4. The SMILES string of the molecule is CN(Cc1ccccc1)C(=O)NCCC(=O)N1CCc2ccccc2C1C(=O)O. The molecule has 3 rings (SSSR count). The van der Waals surface area contributed by atoms with Gasteiger partial charge < -0.3 is 20.2 Å². The third kappa shape index (κ3) is 4.93. The second-order valence-electron chi connectivity index (χ2n) is 7.10. The first-order valence-corrected chi connectivity index (χ1v) is 9.60. The Balaban J connectivity index is 1.54. The van der Waals surface area contributed by atoms with Gasteiger partial charge >= 0.3 is 12.0 Å². The van der Waals surface area contributed by atoms with Crippen molar-refractivity contribution in [2.24, 2.45) is 0 Å². The molecular formula is C22H25N3O4. The van der Waals surface area contributed by atoms with Gasteiger partial charge in [0.2, 0.25) is 5.91 Å². The number of nitrogens with zero attached hydrogens (tertiary/aromatic N) is 2. The normalized spacial score (nSPS) is 15.3. The van der Waals surface area contributed by atoms with E-state index in [1.807, 2.05) is 42.5 Å². The molecule has 0 spiro atoms. The number of benzene rings is 2. The quantitative estimate of drug-likeness (QED) is 0.786. The van der Waals surface area contributed by atoms with Crippen LogP contribution in [0.1, 0.15) is 29.2 Å². The van der Waals surface area contributed by atoms with E-state index in [1.54, 1.807) is 19.2 Å². The topological polar surface area (TPSA) is 90.0 Å². The van der Waals surface area contributed by atoms with Crippen LogP contribution in [-0.2, 0) is 22.6 Å². The van der Waals surface area contributed by atoms with Gasteiger partial charge in [0.25, 0.3) is 0 Å². The van der Waals surface area contributed by atoms with Crippen molar-refractivity contribution in [3.05, 3.63) is 71.3 Å². The van der Waals surface area contributed by atoms with Gasteiger partial charge in [-0.15, -0.1) is 0 Å². The molecule has 0 aromatic heterocycles. The van der Waals surface area contributed by atoms with Crippen LogP contribution in [-0.4, -0.2) is 53.0 Å². The minimum atomic E-state index is -1.04. The Morgan fingerprint density at radius 2 is 1.79 bits per heavy atom. The van der Waals surface area contributed by atoms with Crippen molar-refractivity contribution in [3.63, 3.8) is 0 Å². The van der Waals surface area contributed by atoms with Crippen LogP contribution in [0.15, 0.2) is 54.6 Å². The Hall–Kier alpha value is -3.35. The van der Waals surface area contributed by atoms with Crippen molar-refractivity contribution in [2.75, 3.05) is 20.1 Å². The van der Waals surface area contributed by atoms with Crippen LogP contribution in [0.2, 0.25) is 0 Å². The fourth-order valence-electron chi connectivity index (χ4n) is 3.59. The van der Waals surface area contributed by atoms with Crippen molar-refractivity contribution in [2.45, 2.75) is 25.4 Å². The average molecular weight is 395 g/mol. The van der Waals surface area contributed by atoms with Gasteiger partial charge in [-0.2, -0.15) is 0 Å². The number of hydrogen-bond donors (Lipinski definition) is 2. The van der Waals surface area contributed by atoms with E-state index < -0.39 is 12.0 Å². The number of carboxylic acids is 1. The molecule has 1 unspecified atom stereocenters. The molecule has 0 saturated heterocycles. The number of carboxylic acid groups (broad SMARTS) is 1. The molecule has 1 aliphatic rings. The first-order chi connectivity index (χ1) is 14.0. The molecule has 0 bridgehead atoms. The summed E-state index contributed by atoms with van der Waals surface area (Å²) in [5, 5.41) is 12.4. The smallest absolute Gasteiger partial charge is 0.331 e. The summed E-state index contributed by atoms with van der Waals surface area (Å²) in [5.41, 5.74) is 2.63. The molecule has 1 aliphatic heterocycles. The molecule has 0 aliphatic carbocycles. The summed E-state index contributed by atoms with van der Waals surface area (Å²) in [6, 6.07) is 15.7. The van der Waals surface area contributed by atoms with Crippen molar-refractivity contribution in [1.29, 1.82) is 0 Å². The second-order valence-corrected chi connectivity index (χ2v) is 7.10. The van der Waals surface area contributed by atoms with Gasteiger partial charge in [-0.1, -0.05) is 54.6 Å². The predicted octanol–water partition coefficient (Wildman–Crippen LogP) is 2.43. The van der Waals surface area contributed by atoms with E-state index in [0.717, 1.165) is 11.1 Å². The molecule has 2 aromatic rings. The lowest BCUT2D eigenvalue weighted by Crippen LogP contribution is -2.45. The molecule has 29 heavy (non-hydrogen) atoms. The molecule has 3 amide bonds. The van der Waals surface area contributed by atoms with Crippen LogP contribution >= 0.6 is 0 Å². The Bertz CT molecular complexity index is 885. The van der Waals surface area contributed by atoms with Gasteiger partial charge in [-0.05, 0) is 23.1 Å². The Morgan fingerprint density at radius 3 is 2.52 bits per heavy atom. The minimum Gasteiger partial charge on any atom is -0.479 e. The Morgan fingerprint density at radius 1 is 1.10 bits per heavy atom. The number of aliphatic carboxylic acids is 1. The fourth-order valence-corrected chi connectivity index (χ4v) is 3.59. The lowest BCUT2D eigenvalue weighted by molar-refractivity contribution is -0.151. The highest BCUT2D eigenvalue weighted by Crippen LogP contribution is 2.30. The van der Waals surface area contributed by atoms with Crippen molar-refractivity contribution >= 4 is 17.9 Å². The molecule has 1 heterocycles. The van der Waals surface area contributed by atoms with Crippen molar-refractivity contribution in [3.8, 4) is 0 Å². The van der Waals surface area contributed by atoms with E-state index in [9.17, 15) is 19.5 Å². The van der Waals surface area contributed by atoms with Crippen LogP contribution in [0.3, 0.4) is 0 Å². The number of amides is 3. The van der Waals surface area contributed by atoms with E-state index >= 15 is 0 Å². The molecule has 0 saturated carbocycles. The Labute approximate surface area is 169 Å². The van der Waals surface area contributed by atoms with Crippen molar-refractivity contribution < 1.29 is 19.5 Å². The average Bonchev–Trinajstić information content (AvgIpc) is 2.73. The van der Waals surface area contributed by atoms with Crippen LogP contribution in [0.4, 0.5) is 4.79 Å². The fraction of sp³-hybridized carbons (Fsp3) is 0.318. The highest BCUT2D eigenvalue weighted by atomic mass is 16.4. The van der Waals surface area contributed by atoms with E-state index in [-0.39, 0.29) is 24.9 Å². The monoisotopic (exact) mass is 395 g/mol. The molecule has 7 heteroatoms. The third-order valence-corrected chi connectivity index (χ3v) is 5.06. The zero-order valence-electron chi connectivity index (χ0n) is 16.4. The van der Waals surface area contributed by atoms with Gasteiger partial charge in [0, 0.05) is 33.1 Å². The molecule has 7 nitrogen and oxygen atoms in total. The molecule has 1 atom stereocenters. The highest BCUT2D eigenvalue weighted by Gasteiger charge is 2.35. The number of rotatable bonds is 6. The Kier molecular flexibility index (Phi) is 6.49. The van der Waals surface area contributed by atoms with Gasteiger partial charge in [0.05, 0.1) is 0 Å². The number of hydrogen-bond acceptors (Lipinski definition) is 3. The third-order valence-electron chi connectivity index (χ3n) is 5.06. The first kappa shape index (κ1) is 20.4. The number of carbonyl (C=O) groups excluding carboxylic acids is 2. The van der Waals surface area contributed by atoms with Crippen LogP contribution in [0.25, 0.3) is 0 Å². The van der Waals surface area contributed by atoms with Gasteiger partial charge in [0.1, 0.15) is 0 Å². The molecule has 152 valence electrons. The zero-order chi connectivity index (χ0) is 20.8. The van der Waals surface area contributed by atoms with Gasteiger partial charge in [-0.3, -0.25) is 4.79 Å². The summed E-state index contributed by atoms with van der Waals surface area (Å²) in [5.74, 6) is -1.32. The van der Waals surface area contributed by atoms with Crippen LogP contribution < -0.4 is 5.32 Å². The molecule has 2 N–H and O–H groups in total. The van der Waals surface area contributed by atoms with E-state index in [2.05, 4.69) is 5.32 Å². The maximum Gasteiger partial charge on any atom is 0.331 e. The van der Waals surface area contributed by atoms with Crippen LogP contribution in [0.5, 0.6) is 0 Å². The lowest BCUT2D eigenvalue weighted by atomic mass is 9.92. The minimum absolute atomic E-state index is 0.0524. The summed E-state index contributed by atoms with van der Waals surface area (Å²) in [7, 11) is 1.69. The number of nitrogens with one attached hydrogen (secondary N) is 1. The van der Waals surface area contributed by atoms with E-state index in [4.69, 9.17) is 0 Å². The van der Waals surface area contributed by atoms with Gasteiger partial charge in [0.15, 0.2) is 6.04 Å². The van der Waals surface area contributed by atoms with E-state index in [0.29, 0.717) is 25.1 Å². The lowest BCUT2D eigenvalue weighted by Gasteiger charge is -2.35. The van der Waals surface area contributed by atoms with E-state index in [1.165, 1.54) is 9.80 Å². The number of carbonyl (C=O) groups is 3. The maximum absolute atomic E-state index is 12.7. The standard InChI is InChI=1S/C22H25N3O4/c1-24(15-16-7-3-2-4-8-16)22(29)23-13-11-19(26)25-14-12-17-9-5-6-10-18(17)20(25)21(27)28/h2-10,20H,11-15H2,1H3,(H,23,29)(H,27,28). The first-order valence-electron chi connectivity index (χ1n) is 9.60. The van der Waals surface area contributed by atoms with Crippen LogP contribution in [0, 0.1) is 0 Å². The van der Waals surface area contributed by atoms with Crippen molar-refractivity contribution in [1.82, 2.24) is 15.1 Å². The van der Waals surface area contributed by atoms with Gasteiger partial charge in [-0.25, -0.2) is 9.59 Å². The number of urea groups is 1. The summed E-state index contributed by atoms with van der Waals surface area (Å²) >= 11 is 0. The number of fused-ring (bicyclic) bond motifs is 1.